The highest BCUT2D eigenvalue weighted by molar-refractivity contribution is 9.10. The maximum absolute atomic E-state index is 14.7. The van der Waals surface area contributed by atoms with Gasteiger partial charge in [0.05, 0.1) is 25.0 Å². The first-order chi connectivity index (χ1) is 17.9. The van der Waals surface area contributed by atoms with Gasteiger partial charge in [-0.3, -0.25) is 9.80 Å². The Labute approximate surface area is 221 Å². The Balaban J connectivity index is 1.20. The second-order valence-corrected chi connectivity index (χ2v) is 10.3. The largest absolute Gasteiger partial charge is 0.382 e. The van der Waals surface area contributed by atoms with Crippen LogP contribution in [-0.2, 0) is 25.2 Å². The zero-order valence-electron chi connectivity index (χ0n) is 20.1. The molecule has 0 aliphatic carbocycles. The molecule has 37 heavy (non-hydrogen) atoms. The molecule has 0 radical (unpaired) electrons. The van der Waals surface area contributed by atoms with Crippen LogP contribution in [0.4, 0.5) is 8.78 Å². The Bertz CT molecular complexity index is 1330. The number of aromatic nitrogens is 6. The molecular formula is C25H27BrF2N8O. The van der Waals surface area contributed by atoms with Crippen molar-refractivity contribution in [1.29, 1.82) is 0 Å². The van der Waals surface area contributed by atoms with Crippen molar-refractivity contribution < 1.29 is 13.9 Å². The summed E-state index contributed by atoms with van der Waals surface area (Å²) in [5, 5.41) is 24.2. The predicted octanol–water partition coefficient (Wildman–Crippen LogP) is 2.66. The van der Waals surface area contributed by atoms with Gasteiger partial charge < -0.3 is 5.11 Å². The van der Waals surface area contributed by atoms with Crippen LogP contribution in [0.15, 0.2) is 65.8 Å². The van der Waals surface area contributed by atoms with Crippen LogP contribution in [0.25, 0.3) is 0 Å². The fraction of sp³-hybridized carbons (Fsp3) is 0.360. The molecule has 1 atom stereocenters. The van der Waals surface area contributed by atoms with Crippen LogP contribution in [0.1, 0.15) is 16.8 Å². The molecule has 1 unspecified atom stereocenters. The number of rotatable bonds is 9. The van der Waals surface area contributed by atoms with Gasteiger partial charge in [-0.25, -0.2) is 23.1 Å². The van der Waals surface area contributed by atoms with Crippen LogP contribution < -0.4 is 0 Å². The van der Waals surface area contributed by atoms with E-state index < -0.39 is 17.2 Å². The zero-order valence-corrected chi connectivity index (χ0v) is 21.7. The second kappa shape index (κ2) is 11.1. The number of nitrogens with zero attached hydrogens (tertiary/aromatic N) is 8. The minimum atomic E-state index is -1.61. The van der Waals surface area contributed by atoms with Gasteiger partial charge >= 0.3 is 0 Å². The van der Waals surface area contributed by atoms with Crippen molar-refractivity contribution in [1.82, 2.24) is 39.6 Å². The number of halogens is 3. The molecule has 12 heteroatoms. The van der Waals surface area contributed by atoms with Gasteiger partial charge in [-0.15, -0.1) is 5.10 Å². The molecule has 1 N–H and O–H groups in total. The molecule has 1 aliphatic rings. The molecule has 2 aromatic carbocycles. The minimum Gasteiger partial charge on any atom is -0.382 e. The standard InChI is InChI=1S/C25H27BrF2N8O/c26-20-3-1-2-19(10-20)12-35-14-22(31-32-35)13-33-6-8-34(9-7-33)15-25(37,16-36-18-29-17-30-36)23-5-4-21(27)11-24(23)28/h1-5,10-11,14,17-18,37H,6-9,12-13,15-16H2. The lowest BCUT2D eigenvalue weighted by Crippen LogP contribution is -2.52. The number of hydrogen-bond acceptors (Lipinski definition) is 7. The average Bonchev–Trinajstić information content (AvgIpc) is 3.52. The molecule has 0 spiro atoms. The summed E-state index contributed by atoms with van der Waals surface area (Å²) >= 11 is 3.49. The summed E-state index contributed by atoms with van der Waals surface area (Å²) in [5.74, 6) is -1.47. The van der Waals surface area contributed by atoms with E-state index in [-0.39, 0.29) is 18.7 Å². The van der Waals surface area contributed by atoms with Gasteiger partial charge in [0.2, 0.25) is 0 Å². The quantitative estimate of drug-likeness (QED) is 0.330. The highest BCUT2D eigenvalue weighted by atomic mass is 79.9. The van der Waals surface area contributed by atoms with E-state index >= 15 is 0 Å². The maximum Gasteiger partial charge on any atom is 0.137 e. The van der Waals surface area contributed by atoms with E-state index in [1.807, 2.05) is 29.1 Å². The normalized spacial score (nSPS) is 16.6. The topological polar surface area (TPSA) is 88.1 Å². The van der Waals surface area contributed by atoms with Gasteiger partial charge in [0.15, 0.2) is 0 Å². The summed E-state index contributed by atoms with van der Waals surface area (Å²) in [6.45, 7) is 4.34. The Morgan fingerprint density at radius 2 is 1.76 bits per heavy atom. The zero-order chi connectivity index (χ0) is 25.8. The lowest BCUT2D eigenvalue weighted by molar-refractivity contribution is -0.0324. The molecule has 194 valence electrons. The van der Waals surface area contributed by atoms with Gasteiger partial charge in [-0.1, -0.05) is 39.3 Å². The first-order valence-corrected chi connectivity index (χ1v) is 12.7. The van der Waals surface area contributed by atoms with Crippen LogP contribution in [0, 0.1) is 11.6 Å². The van der Waals surface area contributed by atoms with Crippen molar-refractivity contribution in [2.24, 2.45) is 0 Å². The van der Waals surface area contributed by atoms with Gasteiger partial charge in [0, 0.05) is 55.4 Å². The van der Waals surface area contributed by atoms with E-state index in [0.717, 1.165) is 41.0 Å². The van der Waals surface area contributed by atoms with Crippen molar-refractivity contribution in [2.45, 2.75) is 25.2 Å². The number of β-amino-alcohol motifs (C(OH)–C–C–N with tert-alkyl or cyclic N) is 1. The molecule has 0 saturated carbocycles. The van der Waals surface area contributed by atoms with Crippen molar-refractivity contribution in [3.05, 3.63) is 94.2 Å². The first-order valence-electron chi connectivity index (χ1n) is 11.9. The summed E-state index contributed by atoms with van der Waals surface area (Å²) < 4.78 is 32.6. The van der Waals surface area contributed by atoms with Crippen LogP contribution >= 0.6 is 15.9 Å². The lowest BCUT2D eigenvalue weighted by atomic mass is 9.92. The number of benzene rings is 2. The first kappa shape index (κ1) is 25.6. The highest BCUT2D eigenvalue weighted by Gasteiger charge is 2.36. The molecule has 2 aromatic heterocycles. The van der Waals surface area contributed by atoms with E-state index in [1.54, 1.807) is 0 Å². The van der Waals surface area contributed by atoms with E-state index in [1.165, 1.54) is 23.4 Å². The van der Waals surface area contributed by atoms with E-state index in [9.17, 15) is 13.9 Å². The summed E-state index contributed by atoms with van der Waals surface area (Å²) in [6.07, 6.45) is 4.78. The van der Waals surface area contributed by atoms with Crippen LogP contribution in [0.2, 0.25) is 0 Å². The summed E-state index contributed by atoms with van der Waals surface area (Å²) in [4.78, 5) is 8.27. The fourth-order valence-electron chi connectivity index (χ4n) is 4.68. The number of piperazine rings is 1. The minimum absolute atomic E-state index is 0.00312. The van der Waals surface area contributed by atoms with Gasteiger partial charge in [0.25, 0.3) is 0 Å². The van der Waals surface area contributed by atoms with E-state index in [2.05, 4.69) is 52.2 Å². The van der Waals surface area contributed by atoms with Crippen LogP contribution in [0.5, 0.6) is 0 Å². The van der Waals surface area contributed by atoms with Crippen molar-refractivity contribution in [3.8, 4) is 0 Å². The van der Waals surface area contributed by atoms with Crippen molar-refractivity contribution in [3.63, 3.8) is 0 Å². The molecule has 4 aromatic rings. The molecule has 1 fully saturated rings. The Hall–Kier alpha value is -3.06. The van der Waals surface area contributed by atoms with E-state index in [0.29, 0.717) is 26.2 Å². The van der Waals surface area contributed by atoms with Crippen molar-refractivity contribution >= 4 is 15.9 Å². The summed E-state index contributed by atoms with van der Waals surface area (Å²) in [5.41, 5.74) is 0.451. The molecule has 3 heterocycles. The third-order valence-corrected chi connectivity index (χ3v) is 6.97. The lowest BCUT2D eigenvalue weighted by Gasteiger charge is -2.39. The molecule has 0 bridgehead atoms. The fourth-order valence-corrected chi connectivity index (χ4v) is 5.13. The highest BCUT2D eigenvalue weighted by Crippen LogP contribution is 2.28. The van der Waals surface area contributed by atoms with Gasteiger partial charge in [-0.2, -0.15) is 5.10 Å². The number of hydrogen-bond donors (Lipinski definition) is 1. The van der Waals surface area contributed by atoms with Gasteiger partial charge in [0.1, 0.15) is 29.9 Å². The number of aliphatic hydroxyl groups is 1. The van der Waals surface area contributed by atoms with E-state index in [4.69, 9.17) is 0 Å². The monoisotopic (exact) mass is 572 g/mol. The van der Waals surface area contributed by atoms with Crippen LogP contribution in [0.3, 0.4) is 0 Å². The third kappa shape index (κ3) is 6.45. The molecule has 0 amide bonds. The molecule has 9 nitrogen and oxygen atoms in total. The molecule has 1 saturated heterocycles. The molecular weight excluding hydrogens is 546 g/mol. The van der Waals surface area contributed by atoms with Crippen LogP contribution in [-0.4, -0.2) is 77.4 Å². The second-order valence-electron chi connectivity index (χ2n) is 9.34. The summed E-state index contributed by atoms with van der Waals surface area (Å²) in [7, 11) is 0. The summed E-state index contributed by atoms with van der Waals surface area (Å²) in [6, 6.07) is 11.3. The SMILES string of the molecule is OC(CN1CCN(Cc2cn(Cc3cccc(Br)c3)nn2)CC1)(Cn1cncn1)c1ccc(F)cc1F. The Morgan fingerprint density at radius 1 is 0.946 bits per heavy atom. The molecule has 5 rings (SSSR count). The smallest absolute Gasteiger partial charge is 0.137 e. The Morgan fingerprint density at radius 3 is 2.49 bits per heavy atom. The maximum atomic E-state index is 14.7. The van der Waals surface area contributed by atoms with Gasteiger partial charge in [-0.05, 0) is 23.8 Å². The average molecular weight is 573 g/mol. The Kier molecular flexibility index (Phi) is 7.70. The molecule has 1 aliphatic heterocycles. The van der Waals surface area contributed by atoms with Crippen molar-refractivity contribution in [2.75, 3.05) is 32.7 Å². The third-order valence-electron chi connectivity index (χ3n) is 6.48. The predicted molar refractivity (Wildman–Crippen MR) is 135 cm³/mol.